The van der Waals surface area contributed by atoms with E-state index in [0.717, 1.165) is 25.7 Å². The van der Waals surface area contributed by atoms with E-state index >= 15 is 0 Å². The van der Waals surface area contributed by atoms with Crippen LogP contribution in [0, 0.1) is 5.92 Å². The van der Waals surface area contributed by atoms with Gasteiger partial charge in [-0.2, -0.15) is 0 Å². The molecule has 0 saturated carbocycles. The molecule has 0 unspecified atom stereocenters. The maximum atomic E-state index is 10.9. The van der Waals surface area contributed by atoms with E-state index in [0.29, 0.717) is 0 Å². The molecule has 104 valence electrons. The zero-order chi connectivity index (χ0) is 14.0. The molecular formula is C13H22O5. The number of aliphatic carboxylic acids is 2. The molecule has 0 radical (unpaired) electrons. The second-order valence-electron chi connectivity index (χ2n) is 4.31. The summed E-state index contributed by atoms with van der Waals surface area (Å²) in [5, 5.41) is 26.9. The number of carbonyl (C=O) groups is 2. The first kappa shape index (κ1) is 16.6. The number of hydrogen-bond donors (Lipinski definition) is 3. The molecule has 0 aromatic rings. The summed E-state index contributed by atoms with van der Waals surface area (Å²) in [4.78, 5) is 21.3. The van der Waals surface area contributed by atoms with E-state index in [1.807, 2.05) is 6.08 Å². The van der Waals surface area contributed by atoms with Crippen molar-refractivity contribution in [3.8, 4) is 0 Å². The summed E-state index contributed by atoms with van der Waals surface area (Å²) in [5.41, 5.74) is 0. The number of aliphatic hydroxyl groups excluding tert-OH is 1. The fraction of sp³-hybridized carbons (Fsp3) is 0.692. The minimum absolute atomic E-state index is 0.163. The Morgan fingerprint density at radius 1 is 1.17 bits per heavy atom. The monoisotopic (exact) mass is 258 g/mol. The van der Waals surface area contributed by atoms with Crippen LogP contribution in [-0.2, 0) is 9.59 Å². The van der Waals surface area contributed by atoms with E-state index in [-0.39, 0.29) is 6.42 Å². The molecule has 18 heavy (non-hydrogen) atoms. The van der Waals surface area contributed by atoms with E-state index < -0.39 is 30.4 Å². The van der Waals surface area contributed by atoms with Gasteiger partial charge in [0.05, 0.1) is 18.4 Å². The van der Waals surface area contributed by atoms with Crippen LogP contribution in [-0.4, -0.2) is 33.4 Å². The average Bonchev–Trinajstić information content (AvgIpc) is 2.26. The van der Waals surface area contributed by atoms with Crippen LogP contribution in [0.4, 0.5) is 0 Å². The van der Waals surface area contributed by atoms with Gasteiger partial charge in [0, 0.05) is 0 Å². The Labute approximate surface area is 107 Å². The molecule has 0 heterocycles. The first-order chi connectivity index (χ1) is 8.49. The maximum absolute atomic E-state index is 10.9. The molecule has 0 aromatic carbocycles. The van der Waals surface area contributed by atoms with Gasteiger partial charge in [0.1, 0.15) is 0 Å². The van der Waals surface area contributed by atoms with Crippen molar-refractivity contribution in [1.82, 2.24) is 0 Å². The third-order valence-corrected chi connectivity index (χ3v) is 2.70. The smallest absolute Gasteiger partial charge is 0.309 e. The molecular weight excluding hydrogens is 236 g/mol. The number of unbranched alkanes of at least 4 members (excludes halogenated alkanes) is 3. The maximum Gasteiger partial charge on any atom is 0.309 e. The lowest BCUT2D eigenvalue weighted by atomic mass is 9.96. The van der Waals surface area contributed by atoms with Gasteiger partial charge in [0.15, 0.2) is 0 Å². The Balaban J connectivity index is 4.12. The molecule has 0 spiro atoms. The molecule has 3 N–H and O–H groups in total. The van der Waals surface area contributed by atoms with Crippen LogP contribution in [0.2, 0.25) is 0 Å². The van der Waals surface area contributed by atoms with Crippen molar-refractivity contribution in [3.05, 3.63) is 12.2 Å². The van der Waals surface area contributed by atoms with E-state index in [4.69, 9.17) is 10.2 Å². The van der Waals surface area contributed by atoms with E-state index in [9.17, 15) is 14.7 Å². The second-order valence-corrected chi connectivity index (χ2v) is 4.31. The van der Waals surface area contributed by atoms with Crippen LogP contribution < -0.4 is 0 Å². The topological polar surface area (TPSA) is 94.8 Å². The molecule has 0 rings (SSSR count). The summed E-state index contributed by atoms with van der Waals surface area (Å²) >= 11 is 0. The molecule has 5 heteroatoms. The SMILES string of the molecule is CCCCC/C=C\C[C@@H](C(=O)O)[C@H](O)CC(=O)O. The summed E-state index contributed by atoms with van der Waals surface area (Å²) in [6.45, 7) is 2.10. The van der Waals surface area contributed by atoms with Crippen LogP contribution in [0.15, 0.2) is 12.2 Å². The van der Waals surface area contributed by atoms with Gasteiger partial charge in [0.25, 0.3) is 0 Å². The lowest BCUT2D eigenvalue weighted by Crippen LogP contribution is -2.29. The molecule has 0 aliphatic rings. The average molecular weight is 258 g/mol. The molecule has 0 bridgehead atoms. The summed E-state index contributed by atoms with van der Waals surface area (Å²) in [5.74, 6) is -3.41. The zero-order valence-electron chi connectivity index (χ0n) is 10.7. The first-order valence-corrected chi connectivity index (χ1v) is 6.26. The minimum atomic E-state index is -1.35. The molecule has 0 aliphatic carbocycles. The summed E-state index contributed by atoms with van der Waals surface area (Å²) < 4.78 is 0. The van der Waals surface area contributed by atoms with Crippen LogP contribution in [0.5, 0.6) is 0 Å². The minimum Gasteiger partial charge on any atom is -0.481 e. The standard InChI is InChI=1S/C13H22O5/c1-2-3-4-5-6-7-8-10(13(17)18)11(14)9-12(15)16/h6-7,10-11,14H,2-5,8-9H2,1H3,(H,15,16)(H,17,18)/b7-6-/t10-,11-/m1/s1. The van der Waals surface area contributed by atoms with Crippen LogP contribution in [0.25, 0.3) is 0 Å². The van der Waals surface area contributed by atoms with Gasteiger partial charge in [-0.25, -0.2) is 0 Å². The first-order valence-electron chi connectivity index (χ1n) is 6.26. The molecule has 0 amide bonds. The number of allylic oxidation sites excluding steroid dienone is 2. The fourth-order valence-electron chi connectivity index (χ4n) is 1.62. The van der Waals surface area contributed by atoms with Crippen molar-refractivity contribution >= 4 is 11.9 Å². The lowest BCUT2D eigenvalue weighted by Gasteiger charge is -2.15. The Bertz CT molecular complexity index is 285. The highest BCUT2D eigenvalue weighted by Crippen LogP contribution is 2.14. The molecule has 0 fully saturated rings. The van der Waals surface area contributed by atoms with Crippen molar-refractivity contribution < 1.29 is 24.9 Å². The summed E-state index contributed by atoms with van der Waals surface area (Å²) in [6.07, 6.45) is 6.07. The van der Waals surface area contributed by atoms with Gasteiger partial charge in [-0.1, -0.05) is 31.9 Å². The fourth-order valence-corrected chi connectivity index (χ4v) is 1.62. The van der Waals surface area contributed by atoms with Crippen molar-refractivity contribution in [2.45, 2.75) is 51.6 Å². The van der Waals surface area contributed by atoms with Gasteiger partial charge in [0.2, 0.25) is 0 Å². The van der Waals surface area contributed by atoms with Crippen molar-refractivity contribution in [2.75, 3.05) is 0 Å². The van der Waals surface area contributed by atoms with E-state index in [1.54, 1.807) is 6.08 Å². The third-order valence-electron chi connectivity index (χ3n) is 2.70. The van der Waals surface area contributed by atoms with Gasteiger partial charge < -0.3 is 15.3 Å². The van der Waals surface area contributed by atoms with Crippen molar-refractivity contribution in [2.24, 2.45) is 5.92 Å². The number of hydrogen-bond acceptors (Lipinski definition) is 3. The quantitative estimate of drug-likeness (QED) is 0.412. The van der Waals surface area contributed by atoms with Crippen molar-refractivity contribution in [1.29, 1.82) is 0 Å². The predicted octanol–water partition coefficient (Wildman–Crippen LogP) is 2.05. The molecule has 0 aromatic heterocycles. The normalized spacial score (nSPS) is 14.6. The predicted molar refractivity (Wildman–Crippen MR) is 67.3 cm³/mol. The zero-order valence-corrected chi connectivity index (χ0v) is 10.7. The third kappa shape index (κ3) is 7.84. The Hall–Kier alpha value is -1.36. The highest BCUT2D eigenvalue weighted by atomic mass is 16.4. The molecule has 5 nitrogen and oxygen atoms in total. The highest BCUT2D eigenvalue weighted by molar-refractivity contribution is 5.73. The van der Waals surface area contributed by atoms with Crippen LogP contribution >= 0.6 is 0 Å². The second kappa shape index (κ2) is 9.65. The van der Waals surface area contributed by atoms with E-state index in [2.05, 4.69) is 6.92 Å². The van der Waals surface area contributed by atoms with Crippen LogP contribution in [0.1, 0.15) is 45.4 Å². The van der Waals surface area contributed by atoms with Crippen LogP contribution in [0.3, 0.4) is 0 Å². The van der Waals surface area contributed by atoms with Gasteiger partial charge in [-0.05, 0) is 19.3 Å². The molecule has 0 aliphatic heterocycles. The Morgan fingerprint density at radius 2 is 1.83 bits per heavy atom. The largest absolute Gasteiger partial charge is 0.481 e. The Kier molecular flexibility index (Phi) is 8.92. The molecule has 0 saturated heterocycles. The van der Waals surface area contributed by atoms with Crippen molar-refractivity contribution in [3.63, 3.8) is 0 Å². The number of carboxylic acids is 2. The molecule has 2 atom stereocenters. The summed E-state index contributed by atoms with van der Waals surface area (Å²) in [7, 11) is 0. The van der Waals surface area contributed by atoms with Gasteiger partial charge in [-0.15, -0.1) is 0 Å². The number of rotatable bonds is 10. The van der Waals surface area contributed by atoms with E-state index in [1.165, 1.54) is 0 Å². The number of aliphatic hydroxyl groups is 1. The Morgan fingerprint density at radius 3 is 2.33 bits per heavy atom. The number of carboxylic acid groups (broad SMARTS) is 2. The van der Waals surface area contributed by atoms with Gasteiger partial charge in [-0.3, -0.25) is 9.59 Å². The highest BCUT2D eigenvalue weighted by Gasteiger charge is 2.26. The lowest BCUT2D eigenvalue weighted by molar-refractivity contribution is -0.148. The summed E-state index contributed by atoms with van der Waals surface area (Å²) in [6, 6.07) is 0. The van der Waals surface area contributed by atoms with Gasteiger partial charge >= 0.3 is 11.9 Å².